The van der Waals surface area contributed by atoms with Gasteiger partial charge in [0, 0.05) is 35.3 Å². The standard InChI is InChI=1S/C28H25N3O6/c1-2-36-23-10-6-9-20-17-22(28(35)37-24(20)23)27(34)31-21-13-11-19(12-14-21)26(33)30-16-15-29-25(32)18-7-4-3-5-8-18/h3-14,17H,2,15-16H2,1H3,(H,29,32)(H,30,33)(H,31,34). The monoisotopic (exact) mass is 499 g/mol. The molecule has 0 saturated heterocycles. The van der Waals surface area contributed by atoms with Crippen molar-refractivity contribution in [2.75, 3.05) is 25.0 Å². The van der Waals surface area contributed by atoms with Crippen molar-refractivity contribution in [1.29, 1.82) is 0 Å². The van der Waals surface area contributed by atoms with Crippen molar-refractivity contribution in [2.45, 2.75) is 6.92 Å². The Morgan fingerprint density at radius 3 is 2.08 bits per heavy atom. The molecule has 0 saturated carbocycles. The molecule has 9 nitrogen and oxygen atoms in total. The van der Waals surface area contributed by atoms with Crippen molar-refractivity contribution in [2.24, 2.45) is 0 Å². The van der Waals surface area contributed by atoms with Gasteiger partial charge in [0.15, 0.2) is 11.3 Å². The number of para-hydroxylation sites is 1. The molecule has 0 spiro atoms. The third-order valence-corrected chi connectivity index (χ3v) is 5.41. The average Bonchev–Trinajstić information content (AvgIpc) is 2.92. The van der Waals surface area contributed by atoms with Crippen molar-refractivity contribution in [3.8, 4) is 5.75 Å². The number of hydrogen-bond acceptors (Lipinski definition) is 6. The molecule has 4 aromatic rings. The number of carbonyl (C=O) groups is 3. The first-order valence-corrected chi connectivity index (χ1v) is 11.7. The highest BCUT2D eigenvalue weighted by Crippen LogP contribution is 2.25. The van der Waals surface area contributed by atoms with Crippen LogP contribution in [0.25, 0.3) is 11.0 Å². The Morgan fingerprint density at radius 1 is 0.784 bits per heavy atom. The van der Waals surface area contributed by atoms with E-state index >= 15 is 0 Å². The normalized spacial score (nSPS) is 10.5. The van der Waals surface area contributed by atoms with Gasteiger partial charge in [-0.1, -0.05) is 30.3 Å². The van der Waals surface area contributed by atoms with Crippen LogP contribution < -0.4 is 26.3 Å². The molecule has 9 heteroatoms. The summed E-state index contributed by atoms with van der Waals surface area (Å²) in [5.41, 5.74) is 0.664. The van der Waals surface area contributed by atoms with E-state index in [1.54, 1.807) is 66.7 Å². The molecule has 0 atom stereocenters. The third-order valence-electron chi connectivity index (χ3n) is 5.41. The van der Waals surface area contributed by atoms with Gasteiger partial charge in [-0.15, -0.1) is 0 Å². The lowest BCUT2D eigenvalue weighted by atomic mass is 10.1. The van der Waals surface area contributed by atoms with E-state index in [1.807, 2.05) is 13.0 Å². The van der Waals surface area contributed by atoms with E-state index < -0.39 is 11.5 Å². The van der Waals surface area contributed by atoms with Crippen LogP contribution in [-0.4, -0.2) is 37.4 Å². The molecule has 0 aliphatic heterocycles. The lowest BCUT2D eigenvalue weighted by Crippen LogP contribution is -2.34. The molecule has 0 radical (unpaired) electrons. The maximum absolute atomic E-state index is 12.7. The van der Waals surface area contributed by atoms with Crippen molar-refractivity contribution in [3.05, 3.63) is 106 Å². The maximum Gasteiger partial charge on any atom is 0.349 e. The summed E-state index contributed by atoms with van der Waals surface area (Å²) in [5, 5.41) is 8.66. The van der Waals surface area contributed by atoms with Crippen LogP contribution in [0.4, 0.5) is 5.69 Å². The Balaban J connectivity index is 1.33. The van der Waals surface area contributed by atoms with E-state index in [2.05, 4.69) is 16.0 Å². The fourth-order valence-electron chi connectivity index (χ4n) is 3.59. The molecule has 3 amide bonds. The number of amides is 3. The fourth-order valence-corrected chi connectivity index (χ4v) is 3.59. The molecular formula is C28H25N3O6. The lowest BCUT2D eigenvalue weighted by Gasteiger charge is -2.09. The van der Waals surface area contributed by atoms with Crippen LogP contribution >= 0.6 is 0 Å². The highest BCUT2D eigenvalue weighted by Gasteiger charge is 2.16. The molecule has 4 rings (SSSR count). The Bertz CT molecular complexity index is 1480. The minimum atomic E-state index is -0.785. The second-order valence-corrected chi connectivity index (χ2v) is 7.96. The Labute approximate surface area is 212 Å². The Kier molecular flexibility index (Phi) is 7.95. The van der Waals surface area contributed by atoms with Crippen LogP contribution in [0.2, 0.25) is 0 Å². The van der Waals surface area contributed by atoms with Crippen molar-refractivity contribution in [3.63, 3.8) is 0 Å². The van der Waals surface area contributed by atoms with Gasteiger partial charge in [-0.3, -0.25) is 14.4 Å². The average molecular weight is 500 g/mol. The van der Waals surface area contributed by atoms with Gasteiger partial charge in [0.25, 0.3) is 17.7 Å². The van der Waals surface area contributed by atoms with Gasteiger partial charge >= 0.3 is 5.63 Å². The highest BCUT2D eigenvalue weighted by atomic mass is 16.5. The summed E-state index contributed by atoms with van der Waals surface area (Å²) in [6, 6.07) is 21.6. The Hall–Kier alpha value is -4.92. The number of rotatable bonds is 9. The molecule has 0 unspecified atom stereocenters. The number of hydrogen-bond donors (Lipinski definition) is 3. The third kappa shape index (κ3) is 6.21. The first kappa shape index (κ1) is 25.2. The van der Waals surface area contributed by atoms with Gasteiger partial charge in [0.2, 0.25) is 0 Å². The van der Waals surface area contributed by atoms with Crippen LogP contribution in [0.5, 0.6) is 5.75 Å². The zero-order valence-electron chi connectivity index (χ0n) is 20.1. The molecule has 0 bridgehead atoms. The number of anilines is 1. The van der Waals surface area contributed by atoms with Crippen LogP contribution in [-0.2, 0) is 0 Å². The van der Waals surface area contributed by atoms with Gasteiger partial charge in [0.1, 0.15) is 5.56 Å². The van der Waals surface area contributed by atoms with E-state index in [0.29, 0.717) is 34.6 Å². The van der Waals surface area contributed by atoms with E-state index in [4.69, 9.17) is 9.15 Å². The van der Waals surface area contributed by atoms with Crippen LogP contribution in [0.1, 0.15) is 38.0 Å². The molecule has 3 N–H and O–H groups in total. The maximum atomic E-state index is 12.7. The van der Waals surface area contributed by atoms with Gasteiger partial charge < -0.3 is 25.1 Å². The zero-order chi connectivity index (χ0) is 26.2. The fraction of sp³-hybridized carbons (Fsp3) is 0.143. The summed E-state index contributed by atoms with van der Waals surface area (Å²) in [5.74, 6) is -0.752. The summed E-state index contributed by atoms with van der Waals surface area (Å²) >= 11 is 0. The minimum Gasteiger partial charge on any atom is -0.490 e. The van der Waals surface area contributed by atoms with Crippen molar-refractivity contribution in [1.82, 2.24) is 10.6 Å². The number of fused-ring (bicyclic) bond motifs is 1. The van der Waals surface area contributed by atoms with Gasteiger partial charge in [0.05, 0.1) is 6.61 Å². The predicted molar refractivity (Wildman–Crippen MR) is 139 cm³/mol. The van der Waals surface area contributed by atoms with Gasteiger partial charge in [-0.05, 0) is 55.5 Å². The van der Waals surface area contributed by atoms with Gasteiger partial charge in [-0.2, -0.15) is 0 Å². The number of ether oxygens (including phenoxy) is 1. The quantitative estimate of drug-likeness (QED) is 0.239. The summed E-state index contributed by atoms with van der Waals surface area (Å²) in [6.07, 6.45) is 0. The number of benzene rings is 3. The first-order chi connectivity index (χ1) is 18.0. The summed E-state index contributed by atoms with van der Waals surface area (Å²) in [7, 11) is 0. The summed E-state index contributed by atoms with van der Waals surface area (Å²) < 4.78 is 10.8. The van der Waals surface area contributed by atoms with Crippen molar-refractivity contribution >= 4 is 34.4 Å². The van der Waals surface area contributed by atoms with Crippen molar-refractivity contribution < 1.29 is 23.5 Å². The van der Waals surface area contributed by atoms with Crippen LogP contribution in [0.3, 0.4) is 0 Å². The van der Waals surface area contributed by atoms with E-state index in [1.165, 1.54) is 6.07 Å². The minimum absolute atomic E-state index is 0.152. The van der Waals surface area contributed by atoms with Crippen LogP contribution in [0.15, 0.2) is 88.1 Å². The first-order valence-electron chi connectivity index (χ1n) is 11.7. The van der Waals surface area contributed by atoms with E-state index in [0.717, 1.165) is 0 Å². The molecule has 0 fully saturated rings. The predicted octanol–water partition coefficient (Wildman–Crippen LogP) is 3.60. The molecule has 188 valence electrons. The second-order valence-electron chi connectivity index (χ2n) is 7.96. The summed E-state index contributed by atoms with van der Waals surface area (Å²) in [4.78, 5) is 49.6. The van der Waals surface area contributed by atoms with Gasteiger partial charge in [-0.25, -0.2) is 4.79 Å². The second kappa shape index (κ2) is 11.7. The topological polar surface area (TPSA) is 127 Å². The smallest absolute Gasteiger partial charge is 0.349 e. The molecule has 0 aliphatic rings. The lowest BCUT2D eigenvalue weighted by molar-refractivity contribution is 0.0927. The van der Waals surface area contributed by atoms with Crippen LogP contribution in [0, 0.1) is 0 Å². The van der Waals surface area contributed by atoms with E-state index in [-0.39, 0.29) is 36.1 Å². The highest BCUT2D eigenvalue weighted by molar-refractivity contribution is 6.06. The SMILES string of the molecule is CCOc1cccc2cc(C(=O)Nc3ccc(C(=O)NCCNC(=O)c4ccccc4)cc3)c(=O)oc12. The summed E-state index contributed by atoms with van der Waals surface area (Å²) in [6.45, 7) is 2.75. The Morgan fingerprint density at radius 2 is 1.43 bits per heavy atom. The molecule has 1 aromatic heterocycles. The molecule has 1 heterocycles. The number of nitrogens with one attached hydrogen (secondary N) is 3. The zero-order valence-corrected chi connectivity index (χ0v) is 20.1. The van der Waals surface area contributed by atoms with E-state index in [9.17, 15) is 19.2 Å². The largest absolute Gasteiger partial charge is 0.490 e. The molecule has 0 aliphatic carbocycles. The molecule has 3 aromatic carbocycles. The molecular weight excluding hydrogens is 474 g/mol. The molecule has 37 heavy (non-hydrogen) atoms. The number of carbonyl (C=O) groups excluding carboxylic acids is 3.